The predicted octanol–water partition coefficient (Wildman–Crippen LogP) is 3.63. The third-order valence-corrected chi connectivity index (χ3v) is 3.58. The molecular weight excluding hydrogens is 267 g/mol. The van der Waals surface area contributed by atoms with Gasteiger partial charge in [-0.2, -0.15) is 0 Å². The van der Waals surface area contributed by atoms with Crippen molar-refractivity contribution in [2.24, 2.45) is 0 Å². The van der Waals surface area contributed by atoms with Gasteiger partial charge in [0.05, 0.1) is 6.04 Å². The van der Waals surface area contributed by atoms with Gasteiger partial charge in [-0.25, -0.2) is 4.39 Å². The van der Waals surface area contributed by atoms with Gasteiger partial charge in [0, 0.05) is 17.8 Å². The van der Waals surface area contributed by atoms with Crippen LogP contribution < -0.4 is 5.73 Å². The van der Waals surface area contributed by atoms with Crippen LogP contribution in [0.4, 0.5) is 10.1 Å². The summed E-state index contributed by atoms with van der Waals surface area (Å²) in [6.07, 6.45) is 0. The van der Waals surface area contributed by atoms with Gasteiger partial charge in [-0.05, 0) is 55.8 Å². The van der Waals surface area contributed by atoms with Gasteiger partial charge in [0.15, 0.2) is 0 Å². The Bertz CT molecular complexity index is 608. The van der Waals surface area contributed by atoms with E-state index in [1.54, 1.807) is 41.3 Å². The molecule has 0 saturated heterocycles. The van der Waals surface area contributed by atoms with Gasteiger partial charge in [0.1, 0.15) is 5.82 Å². The maximum Gasteiger partial charge on any atom is 0.254 e. The Morgan fingerprint density at radius 1 is 1.14 bits per heavy atom. The summed E-state index contributed by atoms with van der Waals surface area (Å²) < 4.78 is 13.0. The molecule has 0 aliphatic heterocycles. The van der Waals surface area contributed by atoms with Crippen molar-refractivity contribution in [1.82, 2.24) is 4.90 Å². The number of amides is 1. The second-order valence-electron chi connectivity index (χ2n) is 4.94. The van der Waals surface area contributed by atoms with Crippen LogP contribution in [0.2, 0.25) is 0 Å². The molecule has 2 N–H and O–H groups in total. The standard InChI is InChI=1S/C17H19FN2O/c1-3-20(12(2)13-4-8-15(18)9-5-13)17(21)14-6-10-16(19)11-7-14/h4-12H,3,19H2,1-2H3. The fourth-order valence-corrected chi connectivity index (χ4v) is 2.31. The molecule has 0 aromatic heterocycles. The van der Waals surface area contributed by atoms with Gasteiger partial charge in [-0.15, -0.1) is 0 Å². The van der Waals surface area contributed by atoms with Gasteiger partial charge in [0.2, 0.25) is 0 Å². The molecule has 0 spiro atoms. The number of nitrogen functional groups attached to an aromatic ring is 1. The minimum atomic E-state index is -0.279. The smallest absolute Gasteiger partial charge is 0.254 e. The zero-order chi connectivity index (χ0) is 15.4. The third kappa shape index (κ3) is 3.40. The number of nitrogens with two attached hydrogens (primary N) is 1. The van der Waals surface area contributed by atoms with Crippen LogP contribution in [0.5, 0.6) is 0 Å². The molecule has 2 rings (SSSR count). The first-order chi connectivity index (χ1) is 10.0. The van der Waals surface area contributed by atoms with Crippen molar-refractivity contribution < 1.29 is 9.18 Å². The van der Waals surface area contributed by atoms with Crippen LogP contribution in [0.1, 0.15) is 35.8 Å². The first-order valence-electron chi connectivity index (χ1n) is 6.95. The quantitative estimate of drug-likeness (QED) is 0.872. The number of anilines is 1. The minimum absolute atomic E-state index is 0.0608. The van der Waals surface area contributed by atoms with E-state index in [1.165, 1.54) is 12.1 Å². The average molecular weight is 286 g/mol. The van der Waals surface area contributed by atoms with Crippen LogP contribution in [0.15, 0.2) is 48.5 Å². The van der Waals surface area contributed by atoms with Crippen molar-refractivity contribution in [1.29, 1.82) is 0 Å². The number of carbonyl (C=O) groups excluding carboxylic acids is 1. The lowest BCUT2D eigenvalue weighted by molar-refractivity contribution is 0.0702. The van der Waals surface area contributed by atoms with Crippen molar-refractivity contribution >= 4 is 11.6 Å². The highest BCUT2D eigenvalue weighted by atomic mass is 19.1. The van der Waals surface area contributed by atoms with E-state index in [1.807, 2.05) is 13.8 Å². The van der Waals surface area contributed by atoms with E-state index in [0.29, 0.717) is 17.8 Å². The Labute approximate surface area is 124 Å². The fraction of sp³-hybridized carbons (Fsp3) is 0.235. The van der Waals surface area contributed by atoms with Gasteiger partial charge < -0.3 is 10.6 Å². The fourth-order valence-electron chi connectivity index (χ4n) is 2.31. The van der Waals surface area contributed by atoms with E-state index in [4.69, 9.17) is 5.73 Å². The molecule has 0 radical (unpaired) electrons. The van der Waals surface area contributed by atoms with Crippen LogP contribution in [-0.4, -0.2) is 17.4 Å². The summed E-state index contributed by atoms with van der Waals surface area (Å²) in [5, 5.41) is 0. The summed E-state index contributed by atoms with van der Waals surface area (Å²) in [4.78, 5) is 14.3. The summed E-state index contributed by atoms with van der Waals surface area (Å²) in [7, 11) is 0. The molecule has 4 heteroatoms. The van der Waals surface area contributed by atoms with E-state index in [-0.39, 0.29) is 17.8 Å². The molecule has 0 fully saturated rings. The summed E-state index contributed by atoms with van der Waals surface area (Å²) >= 11 is 0. The molecule has 1 atom stereocenters. The maximum absolute atomic E-state index is 13.0. The average Bonchev–Trinajstić information content (AvgIpc) is 2.49. The molecule has 110 valence electrons. The Morgan fingerprint density at radius 2 is 1.71 bits per heavy atom. The van der Waals surface area contributed by atoms with Crippen LogP contribution in [0.3, 0.4) is 0 Å². The van der Waals surface area contributed by atoms with Crippen LogP contribution >= 0.6 is 0 Å². The molecule has 1 unspecified atom stereocenters. The highest BCUT2D eigenvalue weighted by Gasteiger charge is 2.21. The number of halogens is 1. The van der Waals surface area contributed by atoms with Gasteiger partial charge in [0.25, 0.3) is 5.91 Å². The van der Waals surface area contributed by atoms with Crippen LogP contribution in [-0.2, 0) is 0 Å². The van der Waals surface area contributed by atoms with Crippen molar-refractivity contribution in [3.8, 4) is 0 Å². The summed E-state index contributed by atoms with van der Waals surface area (Å²) in [5.41, 5.74) is 7.77. The molecule has 0 bridgehead atoms. The van der Waals surface area contributed by atoms with Gasteiger partial charge in [-0.3, -0.25) is 4.79 Å². The molecule has 3 nitrogen and oxygen atoms in total. The predicted molar refractivity (Wildman–Crippen MR) is 82.4 cm³/mol. The summed E-state index contributed by atoms with van der Waals surface area (Å²) in [5.74, 6) is -0.340. The second-order valence-corrected chi connectivity index (χ2v) is 4.94. The van der Waals surface area contributed by atoms with E-state index in [2.05, 4.69) is 0 Å². The number of hydrogen-bond acceptors (Lipinski definition) is 2. The molecule has 21 heavy (non-hydrogen) atoms. The Kier molecular flexibility index (Phi) is 4.58. The largest absolute Gasteiger partial charge is 0.399 e. The highest BCUT2D eigenvalue weighted by molar-refractivity contribution is 5.94. The number of nitrogens with zero attached hydrogens (tertiary/aromatic N) is 1. The summed E-state index contributed by atoms with van der Waals surface area (Å²) in [6, 6.07) is 13.0. The van der Waals surface area contributed by atoms with Gasteiger partial charge >= 0.3 is 0 Å². The lowest BCUT2D eigenvalue weighted by Crippen LogP contribution is -2.33. The topological polar surface area (TPSA) is 46.3 Å². The molecule has 0 saturated carbocycles. The van der Waals surface area contributed by atoms with E-state index >= 15 is 0 Å². The number of rotatable bonds is 4. The molecule has 2 aromatic rings. The Hall–Kier alpha value is -2.36. The SMILES string of the molecule is CCN(C(=O)c1ccc(N)cc1)C(C)c1ccc(F)cc1. The Morgan fingerprint density at radius 3 is 2.24 bits per heavy atom. The second kappa shape index (κ2) is 6.39. The van der Waals surface area contributed by atoms with Crippen molar-refractivity contribution in [2.45, 2.75) is 19.9 Å². The number of carbonyl (C=O) groups is 1. The van der Waals surface area contributed by atoms with E-state index < -0.39 is 0 Å². The summed E-state index contributed by atoms with van der Waals surface area (Å²) in [6.45, 7) is 4.43. The van der Waals surface area contributed by atoms with Crippen molar-refractivity contribution in [3.63, 3.8) is 0 Å². The lowest BCUT2D eigenvalue weighted by Gasteiger charge is -2.28. The molecule has 0 aliphatic carbocycles. The monoisotopic (exact) mass is 286 g/mol. The van der Waals surface area contributed by atoms with E-state index in [0.717, 1.165) is 5.56 Å². The van der Waals surface area contributed by atoms with Crippen molar-refractivity contribution in [3.05, 3.63) is 65.5 Å². The first kappa shape index (κ1) is 15.0. The number of benzene rings is 2. The highest BCUT2D eigenvalue weighted by Crippen LogP contribution is 2.22. The van der Waals surface area contributed by atoms with Gasteiger partial charge in [-0.1, -0.05) is 12.1 Å². The molecular formula is C17H19FN2O. The molecule has 2 aromatic carbocycles. The number of hydrogen-bond donors (Lipinski definition) is 1. The lowest BCUT2D eigenvalue weighted by atomic mass is 10.1. The Balaban J connectivity index is 2.23. The van der Waals surface area contributed by atoms with Crippen molar-refractivity contribution in [2.75, 3.05) is 12.3 Å². The molecule has 1 amide bonds. The third-order valence-electron chi connectivity index (χ3n) is 3.58. The first-order valence-corrected chi connectivity index (χ1v) is 6.95. The molecule has 0 aliphatic rings. The zero-order valence-corrected chi connectivity index (χ0v) is 12.2. The van der Waals surface area contributed by atoms with E-state index in [9.17, 15) is 9.18 Å². The van der Waals surface area contributed by atoms with Crippen LogP contribution in [0, 0.1) is 5.82 Å². The minimum Gasteiger partial charge on any atom is -0.399 e. The molecule has 0 heterocycles. The maximum atomic E-state index is 13.0. The normalized spacial score (nSPS) is 12.0. The van der Waals surface area contributed by atoms with Crippen LogP contribution in [0.25, 0.3) is 0 Å². The zero-order valence-electron chi connectivity index (χ0n) is 12.2.